The summed E-state index contributed by atoms with van der Waals surface area (Å²) in [5, 5.41) is 19.7. The third-order valence-electron chi connectivity index (χ3n) is 2.27. The molecule has 0 saturated heterocycles. The Hall–Kier alpha value is -1.56. The molecule has 0 bridgehead atoms. The fourth-order valence-corrected chi connectivity index (χ4v) is 1.74. The molecule has 16 heavy (non-hydrogen) atoms. The average molecular weight is 241 g/mol. The second-order valence-corrected chi connectivity index (χ2v) is 4.12. The Morgan fingerprint density at radius 2 is 2.19 bits per heavy atom. The zero-order chi connectivity index (χ0) is 12.3. The van der Waals surface area contributed by atoms with E-state index in [0.29, 0.717) is 0 Å². The van der Waals surface area contributed by atoms with Gasteiger partial charge < -0.3 is 5.11 Å². The average Bonchev–Trinajstić information content (AvgIpc) is 2.26. The maximum atomic E-state index is 10.8. The van der Waals surface area contributed by atoms with E-state index in [0.717, 1.165) is 4.90 Å². The van der Waals surface area contributed by atoms with E-state index < -0.39 is 16.8 Å². The number of carboxylic acid groups (broad SMARTS) is 1. The van der Waals surface area contributed by atoms with Crippen molar-refractivity contribution in [3.8, 4) is 0 Å². The molecule has 6 heteroatoms. The number of nitro benzene ring substituents is 1. The van der Waals surface area contributed by atoms with E-state index in [2.05, 4.69) is 0 Å². The Kier molecular flexibility index (Phi) is 3.89. The van der Waals surface area contributed by atoms with Gasteiger partial charge >= 0.3 is 5.97 Å². The Morgan fingerprint density at radius 1 is 1.56 bits per heavy atom. The van der Waals surface area contributed by atoms with Gasteiger partial charge in [0.15, 0.2) is 0 Å². The van der Waals surface area contributed by atoms with Gasteiger partial charge in [-0.3, -0.25) is 14.9 Å². The van der Waals surface area contributed by atoms with Crippen molar-refractivity contribution in [3.63, 3.8) is 0 Å². The first kappa shape index (κ1) is 12.5. The molecular formula is C10H11NO4S. The number of nitro groups is 1. The highest BCUT2D eigenvalue weighted by molar-refractivity contribution is 7.98. The second-order valence-electron chi connectivity index (χ2n) is 3.24. The zero-order valence-electron chi connectivity index (χ0n) is 8.84. The Labute approximate surface area is 96.6 Å². The number of benzene rings is 1. The van der Waals surface area contributed by atoms with Gasteiger partial charge in [0, 0.05) is 16.5 Å². The molecule has 1 rings (SSSR count). The monoisotopic (exact) mass is 241 g/mol. The first-order valence-corrected chi connectivity index (χ1v) is 5.75. The number of nitrogens with zero attached hydrogens (tertiary/aromatic N) is 1. The summed E-state index contributed by atoms with van der Waals surface area (Å²) in [6.45, 7) is 1.43. The molecule has 1 unspecified atom stereocenters. The van der Waals surface area contributed by atoms with Crippen LogP contribution in [0.2, 0.25) is 0 Å². The minimum Gasteiger partial charge on any atom is -0.481 e. The molecule has 0 aliphatic heterocycles. The highest BCUT2D eigenvalue weighted by atomic mass is 32.2. The largest absolute Gasteiger partial charge is 0.481 e. The van der Waals surface area contributed by atoms with Crippen molar-refractivity contribution in [2.24, 2.45) is 0 Å². The molecule has 0 aromatic heterocycles. The zero-order valence-corrected chi connectivity index (χ0v) is 9.65. The van der Waals surface area contributed by atoms with Crippen molar-refractivity contribution in [1.82, 2.24) is 0 Å². The Balaban J connectivity index is 3.28. The maximum absolute atomic E-state index is 10.8. The first-order chi connectivity index (χ1) is 7.47. The summed E-state index contributed by atoms with van der Waals surface area (Å²) in [7, 11) is 0. The maximum Gasteiger partial charge on any atom is 0.310 e. The molecule has 0 aliphatic carbocycles. The van der Waals surface area contributed by atoms with E-state index >= 15 is 0 Å². The predicted octanol–water partition coefficient (Wildman–Crippen LogP) is 2.50. The molecule has 1 aromatic carbocycles. The van der Waals surface area contributed by atoms with Gasteiger partial charge in [-0.05, 0) is 19.2 Å². The third-order valence-corrected chi connectivity index (χ3v) is 3.00. The van der Waals surface area contributed by atoms with Crippen LogP contribution in [0.4, 0.5) is 5.69 Å². The van der Waals surface area contributed by atoms with E-state index in [1.807, 2.05) is 0 Å². The Bertz CT molecular complexity index is 433. The lowest BCUT2D eigenvalue weighted by Crippen LogP contribution is -2.09. The summed E-state index contributed by atoms with van der Waals surface area (Å²) >= 11 is 1.38. The molecule has 0 heterocycles. The van der Waals surface area contributed by atoms with Crippen LogP contribution < -0.4 is 0 Å². The number of carboxylic acids is 1. The van der Waals surface area contributed by atoms with Gasteiger partial charge in [0.1, 0.15) is 0 Å². The van der Waals surface area contributed by atoms with Crippen molar-refractivity contribution in [3.05, 3.63) is 33.9 Å². The standard InChI is InChI=1S/C10H11NO4S/c1-6(10(12)13)8-4-3-7(16-2)5-9(8)11(14)15/h3-6H,1-2H3,(H,12,13). The van der Waals surface area contributed by atoms with Crippen LogP contribution in [-0.2, 0) is 4.79 Å². The highest BCUT2D eigenvalue weighted by Gasteiger charge is 2.23. The number of hydrogen-bond donors (Lipinski definition) is 1. The minimum atomic E-state index is -1.07. The van der Waals surface area contributed by atoms with E-state index in [1.165, 1.54) is 30.8 Å². The van der Waals surface area contributed by atoms with Gasteiger partial charge in [-0.2, -0.15) is 0 Å². The number of hydrogen-bond acceptors (Lipinski definition) is 4. The predicted molar refractivity (Wildman–Crippen MR) is 60.9 cm³/mol. The lowest BCUT2D eigenvalue weighted by Gasteiger charge is -2.08. The topological polar surface area (TPSA) is 80.4 Å². The molecule has 1 N–H and O–H groups in total. The second kappa shape index (κ2) is 4.98. The van der Waals surface area contributed by atoms with Crippen LogP contribution in [0.15, 0.2) is 23.1 Å². The lowest BCUT2D eigenvalue weighted by atomic mass is 10.00. The molecule has 0 saturated carbocycles. The van der Waals surface area contributed by atoms with Crippen LogP contribution in [0.1, 0.15) is 18.4 Å². The third kappa shape index (κ3) is 2.52. The molecule has 0 spiro atoms. The summed E-state index contributed by atoms with van der Waals surface area (Å²) in [6, 6.07) is 4.59. The molecule has 1 aromatic rings. The van der Waals surface area contributed by atoms with Crippen LogP contribution in [0.3, 0.4) is 0 Å². The molecule has 86 valence electrons. The highest BCUT2D eigenvalue weighted by Crippen LogP contribution is 2.30. The van der Waals surface area contributed by atoms with Gasteiger partial charge in [-0.25, -0.2) is 0 Å². The van der Waals surface area contributed by atoms with Gasteiger partial charge in [-0.15, -0.1) is 11.8 Å². The smallest absolute Gasteiger partial charge is 0.310 e. The minimum absolute atomic E-state index is 0.137. The van der Waals surface area contributed by atoms with E-state index in [-0.39, 0.29) is 11.3 Å². The van der Waals surface area contributed by atoms with E-state index in [1.54, 1.807) is 12.3 Å². The van der Waals surface area contributed by atoms with Crippen molar-refractivity contribution in [2.75, 3.05) is 6.26 Å². The normalized spacial score (nSPS) is 12.1. The van der Waals surface area contributed by atoms with Crippen molar-refractivity contribution < 1.29 is 14.8 Å². The summed E-state index contributed by atoms with van der Waals surface area (Å²) < 4.78 is 0. The van der Waals surface area contributed by atoms with Crippen LogP contribution >= 0.6 is 11.8 Å². The number of rotatable bonds is 4. The van der Waals surface area contributed by atoms with Crippen molar-refractivity contribution >= 4 is 23.4 Å². The van der Waals surface area contributed by atoms with Gasteiger partial charge in [-0.1, -0.05) is 6.07 Å². The molecular weight excluding hydrogens is 230 g/mol. The number of aliphatic carboxylic acids is 1. The fourth-order valence-electron chi connectivity index (χ4n) is 1.31. The molecule has 0 fully saturated rings. The summed E-state index contributed by atoms with van der Waals surface area (Å²) in [6.07, 6.45) is 1.80. The first-order valence-electron chi connectivity index (χ1n) is 4.52. The van der Waals surface area contributed by atoms with Gasteiger partial charge in [0.05, 0.1) is 10.8 Å². The van der Waals surface area contributed by atoms with Crippen LogP contribution in [0.25, 0.3) is 0 Å². The molecule has 0 aliphatic rings. The summed E-state index contributed by atoms with van der Waals surface area (Å²) in [4.78, 5) is 21.8. The molecule has 1 atom stereocenters. The molecule has 0 radical (unpaired) electrons. The number of carbonyl (C=O) groups is 1. The SMILES string of the molecule is CSc1ccc(C(C)C(=O)O)c([N+](=O)[O-])c1. The number of thioether (sulfide) groups is 1. The quantitative estimate of drug-likeness (QED) is 0.497. The molecule has 0 amide bonds. The van der Waals surface area contributed by atoms with Gasteiger partial charge in [0.2, 0.25) is 0 Å². The van der Waals surface area contributed by atoms with E-state index in [4.69, 9.17) is 5.11 Å². The summed E-state index contributed by atoms with van der Waals surface area (Å²) in [5.74, 6) is -1.95. The van der Waals surface area contributed by atoms with Crippen LogP contribution in [-0.4, -0.2) is 22.3 Å². The van der Waals surface area contributed by atoms with E-state index in [9.17, 15) is 14.9 Å². The molecule has 5 nitrogen and oxygen atoms in total. The van der Waals surface area contributed by atoms with Gasteiger partial charge in [0.25, 0.3) is 5.69 Å². The lowest BCUT2D eigenvalue weighted by molar-refractivity contribution is -0.385. The van der Waals surface area contributed by atoms with Crippen LogP contribution in [0.5, 0.6) is 0 Å². The Morgan fingerprint density at radius 3 is 2.62 bits per heavy atom. The van der Waals surface area contributed by atoms with Crippen molar-refractivity contribution in [1.29, 1.82) is 0 Å². The van der Waals surface area contributed by atoms with Crippen LogP contribution in [0, 0.1) is 10.1 Å². The fraction of sp³-hybridized carbons (Fsp3) is 0.300. The van der Waals surface area contributed by atoms with Crippen molar-refractivity contribution in [2.45, 2.75) is 17.7 Å². The summed E-state index contributed by atoms with van der Waals surface area (Å²) in [5.41, 5.74) is 0.0945.